The molecule has 1 aliphatic carbocycles. The Morgan fingerprint density at radius 1 is 0.886 bits per heavy atom. The molecule has 1 fully saturated rings. The summed E-state index contributed by atoms with van der Waals surface area (Å²) < 4.78 is 8.21. The van der Waals surface area contributed by atoms with Gasteiger partial charge in [0, 0.05) is 26.5 Å². The average molecular weight is 604 g/mol. The average Bonchev–Trinajstić information content (AvgIpc) is 3.68. The lowest BCUT2D eigenvalue weighted by Crippen LogP contribution is -2.67. The lowest BCUT2D eigenvalue weighted by molar-refractivity contribution is -0.764. The minimum Gasteiger partial charge on any atom is -0.224 e. The Morgan fingerprint density at radius 3 is 2.43 bits per heavy atom. The summed E-state index contributed by atoms with van der Waals surface area (Å²) in [6, 6.07) is 21.2. The Morgan fingerprint density at radius 2 is 1.66 bits per heavy atom. The molecule has 44 heavy (non-hydrogen) atoms. The van der Waals surface area contributed by atoms with E-state index in [1.165, 1.54) is 101 Å². The molecule has 3 heteroatoms. The van der Waals surface area contributed by atoms with Gasteiger partial charge < -0.3 is 0 Å². The molecule has 2 aliphatic rings. The van der Waals surface area contributed by atoms with Gasteiger partial charge >= 0.3 is 0 Å². The van der Waals surface area contributed by atoms with Crippen molar-refractivity contribution in [2.24, 2.45) is 0 Å². The quantitative estimate of drug-likeness (QED) is 0.117. The summed E-state index contributed by atoms with van der Waals surface area (Å²) in [6.45, 7) is 12.1. The predicted molar refractivity (Wildman–Crippen MR) is 190 cm³/mol. The summed E-state index contributed by atoms with van der Waals surface area (Å²) in [5, 5.41) is 3.00. The van der Waals surface area contributed by atoms with Crippen LogP contribution >= 0.6 is 11.3 Å². The van der Waals surface area contributed by atoms with Crippen molar-refractivity contribution in [1.29, 1.82) is 0 Å². The first-order valence-electron chi connectivity index (χ1n) is 17.7. The third kappa shape index (κ3) is 4.43. The van der Waals surface area contributed by atoms with Crippen LogP contribution in [0.2, 0.25) is 0 Å². The second-order valence-electron chi connectivity index (χ2n) is 14.1. The smallest absolute Gasteiger partial charge is 0.224 e. The molecule has 3 heterocycles. The molecule has 2 aromatic heterocycles. The first-order chi connectivity index (χ1) is 21.5. The highest BCUT2D eigenvalue weighted by Gasteiger charge is 2.55. The van der Waals surface area contributed by atoms with Crippen LogP contribution in [0.5, 0.6) is 0 Å². The van der Waals surface area contributed by atoms with Crippen LogP contribution in [0.25, 0.3) is 37.2 Å². The summed E-state index contributed by atoms with van der Waals surface area (Å²) in [5.41, 5.74) is 7.58. The molecule has 7 rings (SSSR count). The number of nitrogens with zero attached hydrogens (tertiary/aromatic N) is 2. The summed E-state index contributed by atoms with van der Waals surface area (Å²) in [4.78, 5) is 0. The van der Waals surface area contributed by atoms with Crippen LogP contribution in [0.15, 0.2) is 67.0 Å². The Bertz CT molecular complexity index is 1800. The number of rotatable bonds is 9. The molecule has 1 aliphatic heterocycles. The third-order valence-electron chi connectivity index (χ3n) is 12.0. The number of thiophene rings is 1. The number of hydrogen-bond acceptors (Lipinski definition) is 1. The van der Waals surface area contributed by atoms with Gasteiger partial charge in [0.2, 0.25) is 0 Å². The first-order valence-corrected chi connectivity index (χ1v) is 18.5. The molecule has 0 N–H and O–H groups in total. The monoisotopic (exact) mass is 603 g/mol. The van der Waals surface area contributed by atoms with Crippen molar-refractivity contribution in [3.63, 3.8) is 0 Å². The molecule has 230 valence electrons. The van der Waals surface area contributed by atoms with Crippen molar-refractivity contribution in [2.45, 2.75) is 129 Å². The maximum absolute atomic E-state index is 2.69. The SMILES string of the molecule is CCCCCCc1cc(C2CCCCC2)c2c(sc3ccccc32)c1-n1cc[n+]2c1-c1ccccc1C(C)(CC)C2(C)CC. The van der Waals surface area contributed by atoms with E-state index in [9.17, 15) is 0 Å². The Labute approximate surface area is 269 Å². The van der Waals surface area contributed by atoms with Crippen LogP contribution in [0.3, 0.4) is 0 Å². The van der Waals surface area contributed by atoms with Crippen molar-refractivity contribution in [3.05, 3.63) is 83.7 Å². The second-order valence-corrected chi connectivity index (χ2v) is 15.2. The standard InChI is InChI=1S/C41H51N2S/c1-6-9-10-12-21-30-28-33(29-19-13-11-14-20-29)36-32-23-16-18-25-35(32)44-38(36)37(30)42-26-27-43-39(42)31-22-15-17-24-34(31)40(4,7-2)41(43,5)8-3/h15-18,22-29H,6-14,19-21H2,1-5H3/q+1. The van der Waals surface area contributed by atoms with Crippen LogP contribution in [0.1, 0.15) is 128 Å². The Kier molecular flexibility index (Phi) is 7.98. The van der Waals surface area contributed by atoms with E-state index in [1.54, 1.807) is 11.1 Å². The van der Waals surface area contributed by atoms with E-state index in [0.29, 0.717) is 5.92 Å². The lowest BCUT2D eigenvalue weighted by Gasteiger charge is -2.47. The molecule has 2 unspecified atom stereocenters. The molecule has 0 spiro atoms. The fraction of sp³-hybridized carbons (Fsp3) is 0.488. The Hall–Kier alpha value is -2.91. The molecule has 2 nitrogen and oxygen atoms in total. The maximum atomic E-state index is 2.69. The van der Waals surface area contributed by atoms with Gasteiger partial charge in [-0.25, -0.2) is 4.57 Å². The van der Waals surface area contributed by atoms with E-state index in [-0.39, 0.29) is 11.0 Å². The minimum absolute atomic E-state index is 0.0146. The van der Waals surface area contributed by atoms with Crippen molar-refractivity contribution < 1.29 is 4.57 Å². The molecule has 0 bridgehead atoms. The van der Waals surface area contributed by atoms with E-state index >= 15 is 0 Å². The largest absolute Gasteiger partial charge is 0.294 e. The number of aryl methyl sites for hydroxylation is 1. The minimum atomic E-state index is -0.0146. The van der Waals surface area contributed by atoms with Gasteiger partial charge in [-0.3, -0.25) is 0 Å². The van der Waals surface area contributed by atoms with E-state index in [4.69, 9.17) is 0 Å². The molecule has 3 aromatic carbocycles. The zero-order valence-corrected chi connectivity index (χ0v) is 28.5. The van der Waals surface area contributed by atoms with E-state index < -0.39 is 0 Å². The van der Waals surface area contributed by atoms with Gasteiger partial charge in [0.25, 0.3) is 5.82 Å². The van der Waals surface area contributed by atoms with Gasteiger partial charge in [-0.15, -0.1) is 11.3 Å². The molecular formula is C41H51N2S+. The molecule has 2 atom stereocenters. The molecule has 0 radical (unpaired) electrons. The van der Waals surface area contributed by atoms with Crippen LogP contribution in [0.4, 0.5) is 0 Å². The van der Waals surface area contributed by atoms with E-state index in [0.717, 1.165) is 19.3 Å². The van der Waals surface area contributed by atoms with E-state index in [1.807, 2.05) is 11.3 Å². The van der Waals surface area contributed by atoms with Crippen molar-refractivity contribution >= 4 is 31.5 Å². The number of hydrogen-bond donors (Lipinski definition) is 0. The summed E-state index contributed by atoms with van der Waals surface area (Å²) >= 11 is 2.03. The highest BCUT2D eigenvalue weighted by atomic mass is 32.1. The molecule has 0 saturated heterocycles. The Balaban J connectivity index is 1.55. The van der Waals surface area contributed by atoms with E-state index in [2.05, 4.69) is 111 Å². The molecule has 5 aromatic rings. The van der Waals surface area contributed by atoms with Gasteiger partial charge in [-0.1, -0.05) is 109 Å². The summed E-state index contributed by atoms with van der Waals surface area (Å²) in [6.07, 6.45) is 20.1. The van der Waals surface area contributed by atoms with Gasteiger partial charge in [0.15, 0.2) is 5.69 Å². The van der Waals surface area contributed by atoms with Crippen molar-refractivity contribution in [2.75, 3.05) is 0 Å². The maximum Gasteiger partial charge on any atom is 0.294 e. The summed E-state index contributed by atoms with van der Waals surface area (Å²) in [7, 11) is 0. The zero-order valence-electron chi connectivity index (χ0n) is 27.7. The van der Waals surface area contributed by atoms with Gasteiger partial charge in [-0.05, 0) is 74.6 Å². The second kappa shape index (κ2) is 11.8. The zero-order chi connectivity index (χ0) is 30.5. The van der Waals surface area contributed by atoms with Crippen LogP contribution < -0.4 is 4.57 Å². The highest BCUT2D eigenvalue weighted by Crippen LogP contribution is 2.51. The predicted octanol–water partition coefficient (Wildman–Crippen LogP) is 11.8. The highest BCUT2D eigenvalue weighted by molar-refractivity contribution is 7.26. The molecule has 0 amide bonds. The molecule has 1 saturated carbocycles. The number of unbranched alkanes of at least 4 members (excludes halogenated alkanes) is 3. The number of imidazole rings is 1. The number of benzene rings is 3. The van der Waals surface area contributed by atoms with Crippen molar-refractivity contribution in [3.8, 4) is 17.1 Å². The van der Waals surface area contributed by atoms with Crippen LogP contribution in [0, 0.1) is 0 Å². The van der Waals surface area contributed by atoms with Gasteiger partial charge in [0.05, 0.1) is 10.3 Å². The number of aromatic nitrogens is 2. The van der Waals surface area contributed by atoms with Crippen molar-refractivity contribution in [1.82, 2.24) is 4.57 Å². The fourth-order valence-electron chi connectivity index (χ4n) is 8.98. The van der Waals surface area contributed by atoms with Gasteiger partial charge in [-0.2, -0.15) is 4.57 Å². The fourth-order valence-corrected chi connectivity index (χ4v) is 10.3. The normalized spacial score (nSPS) is 22.0. The van der Waals surface area contributed by atoms with Crippen LogP contribution in [-0.2, 0) is 17.4 Å². The van der Waals surface area contributed by atoms with Crippen LogP contribution in [-0.4, -0.2) is 4.57 Å². The third-order valence-corrected chi connectivity index (χ3v) is 13.2. The number of fused-ring (bicyclic) bond motifs is 6. The topological polar surface area (TPSA) is 8.81 Å². The first kappa shape index (κ1) is 29.8. The molecular weight excluding hydrogens is 553 g/mol. The summed E-state index contributed by atoms with van der Waals surface area (Å²) in [5.74, 6) is 2.03. The lowest BCUT2D eigenvalue weighted by atomic mass is 9.61. The van der Waals surface area contributed by atoms with Gasteiger partial charge in [0.1, 0.15) is 17.9 Å².